The highest BCUT2D eigenvalue weighted by Gasteiger charge is 2.11. The molecule has 1 aliphatic carbocycles. The van der Waals surface area contributed by atoms with Crippen LogP contribution in [0.25, 0.3) is 10.9 Å². The number of carbonyl (C=O) groups excluding carboxylic acids is 1. The Balaban J connectivity index is 1.88. The molecule has 21 heavy (non-hydrogen) atoms. The molecule has 1 aromatic heterocycles. The molecule has 0 saturated heterocycles. The first-order valence-corrected chi connectivity index (χ1v) is 6.94. The summed E-state index contributed by atoms with van der Waals surface area (Å²) in [5.41, 5.74) is 3.50. The van der Waals surface area contributed by atoms with E-state index in [1.807, 2.05) is 49.4 Å². The van der Waals surface area contributed by atoms with E-state index in [0.717, 1.165) is 23.0 Å². The topological polar surface area (TPSA) is 42.0 Å². The second-order valence-corrected chi connectivity index (χ2v) is 5.01. The van der Waals surface area contributed by atoms with Crippen LogP contribution in [0.5, 0.6) is 0 Å². The molecule has 0 aliphatic heterocycles. The molecule has 0 fully saturated rings. The molecule has 3 nitrogen and oxygen atoms in total. The lowest BCUT2D eigenvalue weighted by atomic mass is 10.1. The fourth-order valence-electron chi connectivity index (χ4n) is 2.31. The maximum atomic E-state index is 12.5. The van der Waals surface area contributed by atoms with Gasteiger partial charge in [0.15, 0.2) is 0 Å². The van der Waals surface area contributed by atoms with Crippen LogP contribution in [-0.2, 0) is 0 Å². The number of nitrogens with one attached hydrogen (secondary N) is 1. The average Bonchev–Trinajstić information content (AvgIpc) is 2.71. The van der Waals surface area contributed by atoms with Crippen LogP contribution in [0.2, 0.25) is 0 Å². The summed E-state index contributed by atoms with van der Waals surface area (Å²) in [7, 11) is 0. The predicted molar refractivity (Wildman–Crippen MR) is 84.8 cm³/mol. The number of para-hydroxylation sites is 1. The molecule has 1 heterocycles. The minimum atomic E-state index is -0.107. The molecule has 104 valence electrons. The fourth-order valence-corrected chi connectivity index (χ4v) is 2.31. The highest BCUT2D eigenvalue weighted by Crippen LogP contribution is 2.17. The molecule has 0 unspecified atom stereocenters. The van der Waals surface area contributed by atoms with Gasteiger partial charge in [0.2, 0.25) is 0 Å². The Hall–Kier alpha value is -2.68. The van der Waals surface area contributed by atoms with E-state index < -0.39 is 0 Å². The highest BCUT2D eigenvalue weighted by molar-refractivity contribution is 6.06. The molecule has 1 aromatic carbocycles. The predicted octanol–water partition coefficient (Wildman–Crippen LogP) is 3.75. The first-order valence-electron chi connectivity index (χ1n) is 6.94. The van der Waals surface area contributed by atoms with Crippen molar-refractivity contribution in [2.45, 2.75) is 13.3 Å². The smallest absolute Gasteiger partial charge is 0.256 e. The lowest BCUT2D eigenvalue weighted by Gasteiger charge is -2.08. The number of amides is 1. The van der Waals surface area contributed by atoms with Gasteiger partial charge in [-0.1, -0.05) is 42.0 Å². The van der Waals surface area contributed by atoms with Crippen molar-refractivity contribution in [3.8, 4) is 0 Å². The van der Waals surface area contributed by atoms with Crippen molar-refractivity contribution in [1.82, 2.24) is 10.3 Å². The van der Waals surface area contributed by atoms with E-state index in [0.29, 0.717) is 5.56 Å². The second-order valence-electron chi connectivity index (χ2n) is 5.01. The number of rotatable bonds is 2. The van der Waals surface area contributed by atoms with Crippen LogP contribution in [0.1, 0.15) is 23.7 Å². The lowest BCUT2D eigenvalue weighted by Crippen LogP contribution is -2.22. The Kier molecular flexibility index (Phi) is 3.65. The summed E-state index contributed by atoms with van der Waals surface area (Å²) >= 11 is 0. The third-order valence-electron chi connectivity index (χ3n) is 3.45. The van der Waals surface area contributed by atoms with E-state index in [1.54, 1.807) is 12.3 Å². The largest absolute Gasteiger partial charge is 0.322 e. The summed E-state index contributed by atoms with van der Waals surface area (Å²) in [6, 6.07) is 9.41. The van der Waals surface area contributed by atoms with Crippen molar-refractivity contribution in [2.24, 2.45) is 0 Å². The minimum absolute atomic E-state index is 0.107. The molecule has 2 aromatic rings. The van der Waals surface area contributed by atoms with Gasteiger partial charge in [-0.25, -0.2) is 0 Å². The molecular weight excluding hydrogens is 260 g/mol. The number of hydrogen-bond donors (Lipinski definition) is 1. The van der Waals surface area contributed by atoms with E-state index in [1.165, 1.54) is 5.57 Å². The molecule has 3 heteroatoms. The van der Waals surface area contributed by atoms with Crippen LogP contribution in [-0.4, -0.2) is 10.9 Å². The quantitative estimate of drug-likeness (QED) is 0.907. The summed E-state index contributed by atoms with van der Waals surface area (Å²) in [6.07, 6.45) is 10.6. The van der Waals surface area contributed by atoms with Crippen LogP contribution >= 0.6 is 0 Å². The molecular formula is C18H16N2O. The highest BCUT2D eigenvalue weighted by atomic mass is 16.1. The number of nitrogens with zero attached hydrogens (tertiary/aromatic N) is 1. The number of fused-ring (bicyclic) bond motifs is 1. The van der Waals surface area contributed by atoms with Gasteiger partial charge in [-0.3, -0.25) is 9.78 Å². The average molecular weight is 276 g/mol. The number of aromatic nitrogens is 1. The van der Waals surface area contributed by atoms with Gasteiger partial charge in [0.25, 0.3) is 5.91 Å². The molecule has 0 radical (unpaired) electrons. The molecule has 1 N–H and O–H groups in total. The summed E-state index contributed by atoms with van der Waals surface area (Å²) in [6.45, 7) is 2.05. The first kappa shape index (κ1) is 13.3. The van der Waals surface area contributed by atoms with Crippen molar-refractivity contribution in [1.29, 1.82) is 0 Å². The molecule has 1 aliphatic rings. The number of allylic oxidation sites excluding steroid dienone is 5. The monoisotopic (exact) mass is 276 g/mol. The molecule has 0 spiro atoms. The van der Waals surface area contributed by atoms with Gasteiger partial charge in [0.1, 0.15) is 0 Å². The first-order chi connectivity index (χ1) is 10.2. The Morgan fingerprint density at radius 2 is 2.00 bits per heavy atom. The van der Waals surface area contributed by atoms with Crippen LogP contribution in [0.4, 0.5) is 0 Å². The summed E-state index contributed by atoms with van der Waals surface area (Å²) in [5, 5.41) is 3.83. The van der Waals surface area contributed by atoms with Gasteiger partial charge in [-0.05, 0) is 31.6 Å². The molecule has 0 saturated carbocycles. The van der Waals surface area contributed by atoms with Gasteiger partial charge in [-0.2, -0.15) is 0 Å². The lowest BCUT2D eigenvalue weighted by molar-refractivity contribution is 0.0968. The number of pyridine rings is 1. The Labute approximate surface area is 123 Å². The van der Waals surface area contributed by atoms with E-state index in [9.17, 15) is 4.79 Å². The van der Waals surface area contributed by atoms with E-state index in [4.69, 9.17) is 0 Å². The Morgan fingerprint density at radius 1 is 1.14 bits per heavy atom. The van der Waals surface area contributed by atoms with Crippen LogP contribution in [0.3, 0.4) is 0 Å². The summed E-state index contributed by atoms with van der Waals surface area (Å²) in [5.74, 6) is -0.107. The van der Waals surface area contributed by atoms with Gasteiger partial charge in [-0.15, -0.1) is 0 Å². The third kappa shape index (κ3) is 2.92. The standard InChI is InChI=1S/C18H16N2O/c1-13-5-4-6-14(10-9-13)20-18(21)16-11-12-19-17-8-3-2-7-15(16)17/h2-3,5-12H,4H2,1H3,(H,20,21). The van der Waals surface area contributed by atoms with Crippen molar-refractivity contribution in [3.63, 3.8) is 0 Å². The van der Waals surface area contributed by atoms with E-state index in [-0.39, 0.29) is 5.91 Å². The van der Waals surface area contributed by atoms with Gasteiger partial charge in [0, 0.05) is 17.3 Å². The van der Waals surface area contributed by atoms with Crippen LogP contribution in [0.15, 0.2) is 72.1 Å². The zero-order valence-electron chi connectivity index (χ0n) is 11.8. The number of carbonyl (C=O) groups is 1. The summed E-state index contributed by atoms with van der Waals surface area (Å²) in [4.78, 5) is 16.8. The van der Waals surface area contributed by atoms with Gasteiger partial charge >= 0.3 is 0 Å². The maximum absolute atomic E-state index is 12.5. The fraction of sp³-hybridized carbons (Fsp3) is 0.111. The van der Waals surface area contributed by atoms with E-state index >= 15 is 0 Å². The Bertz CT molecular complexity index is 779. The third-order valence-corrected chi connectivity index (χ3v) is 3.45. The van der Waals surface area contributed by atoms with E-state index in [2.05, 4.69) is 16.4 Å². The molecule has 0 atom stereocenters. The second kappa shape index (κ2) is 5.75. The normalized spacial score (nSPS) is 14.3. The number of benzene rings is 1. The van der Waals surface area contributed by atoms with Gasteiger partial charge in [0.05, 0.1) is 11.1 Å². The summed E-state index contributed by atoms with van der Waals surface area (Å²) < 4.78 is 0. The minimum Gasteiger partial charge on any atom is -0.322 e. The number of hydrogen-bond acceptors (Lipinski definition) is 2. The van der Waals surface area contributed by atoms with Crippen molar-refractivity contribution < 1.29 is 4.79 Å². The van der Waals surface area contributed by atoms with Gasteiger partial charge < -0.3 is 5.32 Å². The Morgan fingerprint density at radius 3 is 2.90 bits per heavy atom. The SMILES string of the molecule is CC1=CCC=C(NC(=O)c2ccnc3ccccc23)C=C1. The zero-order chi connectivity index (χ0) is 14.7. The van der Waals surface area contributed by atoms with Crippen molar-refractivity contribution in [2.75, 3.05) is 0 Å². The molecule has 0 bridgehead atoms. The van der Waals surface area contributed by atoms with Crippen LogP contribution < -0.4 is 5.32 Å². The van der Waals surface area contributed by atoms with Crippen LogP contribution in [0, 0.1) is 0 Å². The molecule has 3 rings (SSSR count). The van der Waals surface area contributed by atoms with Crippen molar-refractivity contribution in [3.05, 3.63) is 77.7 Å². The molecule has 1 amide bonds. The zero-order valence-corrected chi connectivity index (χ0v) is 11.8. The maximum Gasteiger partial charge on any atom is 0.256 e. The van der Waals surface area contributed by atoms with Crippen molar-refractivity contribution >= 4 is 16.8 Å².